The lowest BCUT2D eigenvalue weighted by Crippen LogP contribution is -2.37. The van der Waals surface area contributed by atoms with Crippen molar-refractivity contribution < 1.29 is 4.79 Å². The highest BCUT2D eigenvalue weighted by Gasteiger charge is 2.30. The molecule has 19 heavy (non-hydrogen) atoms. The van der Waals surface area contributed by atoms with Gasteiger partial charge in [-0.25, -0.2) is 0 Å². The second-order valence-corrected chi connectivity index (χ2v) is 5.54. The van der Waals surface area contributed by atoms with Crippen molar-refractivity contribution in [3.63, 3.8) is 0 Å². The maximum atomic E-state index is 12.1. The van der Waals surface area contributed by atoms with Crippen molar-refractivity contribution in [1.29, 1.82) is 0 Å². The number of carbonyl (C=O) groups excluding carboxylic acids is 1. The molecule has 1 aliphatic rings. The van der Waals surface area contributed by atoms with Crippen LogP contribution in [0.2, 0.25) is 0 Å². The summed E-state index contributed by atoms with van der Waals surface area (Å²) < 4.78 is 0. The Balaban J connectivity index is 1.90. The third-order valence-corrected chi connectivity index (χ3v) is 3.65. The predicted molar refractivity (Wildman–Crippen MR) is 79.4 cm³/mol. The van der Waals surface area contributed by atoms with Crippen LogP contribution in [0, 0.1) is 0 Å². The summed E-state index contributed by atoms with van der Waals surface area (Å²) in [6.45, 7) is 7.62. The molecule has 1 aromatic carbocycles. The highest BCUT2D eigenvalue weighted by atomic mass is 16.2. The SMILES string of the molecule is CCN(C(=O)CNc1cccc(C(C)C)c1)C1CC1. The molecule has 0 radical (unpaired) electrons. The molecule has 1 amide bonds. The molecule has 1 fully saturated rings. The molecule has 0 spiro atoms. The minimum absolute atomic E-state index is 0.208. The summed E-state index contributed by atoms with van der Waals surface area (Å²) in [4.78, 5) is 14.1. The zero-order chi connectivity index (χ0) is 13.8. The van der Waals surface area contributed by atoms with Gasteiger partial charge in [0.05, 0.1) is 6.54 Å². The largest absolute Gasteiger partial charge is 0.376 e. The maximum absolute atomic E-state index is 12.1. The Kier molecular flexibility index (Phi) is 4.46. The number of likely N-dealkylation sites (N-methyl/N-ethyl adjacent to an activating group) is 1. The lowest BCUT2D eigenvalue weighted by atomic mass is 10.0. The summed E-state index contributed by atoms with van der Waals surface area (Å²) in [5, 5.41) is 3.25. The van der Waals surface area contributed by atoms with Gasteiger partial charge in [-0.2, -0.15) is 0 Å². The molecule has 1 N–H and O–H groups in total. The van der Waals surface area contributed by atoms with Gasteiger partial charge in [0.15, 0.2) is 0 Å². The topological polar surface area (TPSA) is 32.3 Å². The summed E-state index contributed by atoms with van der Waals surface area (Å²) in [6, 6.07) is 8.82. The van der Waals surface area contributed by atoms with E-state index in [9.17, 15) is 4.79 Å². The number of benzene rings is 1. The van der Waals surface area contributed by atoms with E-state index in [4.69, 9.17) is 0 Å². The Morgan fingerprint density at radius 1 is 1.42 bits per heavy atom. The van der Waals surface area contributed by atoms with Gasteiger partial charge in [0.2, 0.25) is 5.91 Å². The second-order valence-electron chi connectivity index (χ2n) is 5.54. The average molecular weight is 260 g/mol. The van der Waals surface area contributed by atoms with E-state index in [1.807, 2.05) is 17.0 Å². The van der Waals surface area contributed by atoms with Crippen molar-refractivity contribution in [2.75, 3.05) is 18.4 Å². The van der Waals surface area contributed by atoms with Crippen LogP contribution in [0.4, 0.5) is 5.69 Å². The number of carbonyl (C=O) groups is 1. The minimum atomic E-state index is 0.208. The maximum Gasteiger partial charge on any atom is 0.242 e. The monoisotopic (exact) mass is 260 g/mol. The van der Waals surface area contributed by atoms with Crippen molar-refractivity contribution in [3.05, 3.63) is 29.8 Å². The molecule has 0 bridgehead atoms. The van der Waals surface area contributed by atoms with Crippen molar-refractivity contribution in [2.45, 2.75) is 45.6 Å². The highest BCUT2D eigenvalue weighted by molar-refractivity contribution is 5.81. The van der Waals surface area contributed by atoms with Gasteiger partial charge in [0.1, 0.15) is 0 Å². The van der Waals surface area contributed by atoms with Crippen LogP contribution in [0.1, 0.15) is 45.1 Å². The molecule has 0 atom stereocenters. The fourth-order valence-electron chi connectivity index (χ4n) is 2.31. The standard InChI is InChI=1S/C16H24N2O/c1-4-18(15-8-9-15)16(19)11-17-14-7-5-6-13(10-14)12(2)3/h5-7,10,12,15,17H,4,8-9,11H2,1-3H3. The predicted octanol–water partition coefficient (Wildman–Crippen LogP) is 3.23. The first-order chi connectivity index (χ1) is 9.11. The molecule has 2 rings (SSSR count). The van der Waals surface area contributed by atoms with E-state index in [-0.39, 0.29) is 5.91 Å². The normalized spacial score (nSPS) is 14.5. The summed E-state index contributed by atoms with van der Waals surface area (Å²) in [7, 11) is 0. The molecule has 3 heteroatoms. The first-order valence-corrected chi connectivity index (χ1v) is 7.25. The third-order valence-electron chi connectivity index (χ3n) is 3.65. The summed E-state index contributed by atoms with van der Waals surface area (Å²) in [5.41, 5.74) is 2.33. The molecule has 1 aliphatic carbocycles. The van der Waals surface area contributed by atoms with E-state index in [1.54, 1.807) is 0 Å². The van der Waals surface area contributed by atoms with Gasteiger partial charge in [-0.1, -0.05) is 26.0 Å². The van der Waals surface area contributed by atoms with Gasteiger partial charge >= 0.3 is 0 Å². The van der Waals surface area contributed by atoms with Gasteiger partial charge in [-0.05, 0) is 43.4 Å². The summed E-state index contributed by atoms with van der Waals surface area (Å²) in [5.74, 6) is 0.719. The Morgan fingerprint density at radius 3 is 2.74 bits per heavy atom. The molecular weight excluding hydrogens is 236 g/mol. The molecule has 104 valence electrons. The van der Waals surface area contributed by atoms with Gasteiger partial charge < -0.3 is 10.2 Å². The van der Waals surface area contributed by atoms with Crippen LogP contribution in [-0.4, -0.2) is 29.9 Å². The Bertz CT molecular complexity index is 438. The fraction of sp³-hybridized carbons (Fsp3) is 0.562. The van der Waals surface area contributed by atoms with E-state index < -0.39 is 0 Å². The highest BCUT2D eigenvalue weighted by Crippen LogP contribution is 2.26. The van der Waals surface area contributed by atoms with Crippen LogP contribution in [0.25, 0.3) is 0 Å². The number of hydrogen-bond acceptors (Lipinski definition) is 2. The number of nitrogens with one attached hydrogen (secondary N) is 1. The van der Waals surface area contributed by atoms with Gasteiger partial charge in [-0.3, -0.25) is 4.79 Å². The van der Waals surface area contributed by atoms with E-state index in [0.717, 1.165) is 12.2 Å². The number of hydrogen-bond donors (Lipinski definition) is 1. The van der Waals surface area contributed by atoms with Crippen LogP contribution in [0.15, 0.2) is 24.3 Å². The molecular formula is C16H24N2O. The van der Waals surface area contributed by atoms with Crippen LogP contribution >= 0.6 is 0 Å². The van der Waals surface area contributed by atoms with Crippen molar-refractivity contribution >= 4 is 11.6 Å². The molecule has 0 unspecified atom stereocenters. The van der Waals surface area contributed by atoms with Gasteiger partial charge in [-0.15, -0.1) is 0 Å². The third kappa shape index (κ3) is 3.72. The Hall–Kier alpha value is -1.51. The smallest absolute Gasteiger partial charge is 0.242 e. The Labute approximate surface area is 116 Å². The number of anilines is 1. The molecule has 0 aliphatic heterocycles. The van der Waals surface area contributed by atoms with E-state index in [1.165, 1.54) is 18.4 Å². The van der Waals surface area contributed by atoms with Crippen molar-refractivity contribution in [1.82, 2.24) is 4.90 Å². The van der Waals surface area contributed by atoms with E-state index in [0.29, 0.717) is 18.5 Å². The Morgan fingerprint density at radius 2 is 2.16 bits per heavy atom. The van der Waals surface area contributed by atoms with Gasteiger partial charge in [0, 0.05) is 18.3 Å². The molecule has 1 aromatic rings. The second kappa shape index (κ2) is 6.09. The number of amides is 1. The average Bonchev–Trinajstić information content (AvgIpc) is 3.22. The molecule has 3 nitrogen and oxygen atoms in total. The zero-order valence-electron chi connectivity index (χ0n) is 12.1. The van der Waals surface area contributed by atoms with Gasteiger partial charge in [0.25, 0.3) is 0 Å². The molecule has 0 aromatic heterocycles. The lowest BCUT2D eigenvalue weighted by molar-refractivity contribution is -0.129. The molecule has 0 heterocycles. The summed E-state index contributed by atoms with van der Waals surface area (Å²) in [6.07, 6.45) is 2.34. The molecule has 0 saturated heterocycles. The van der Waals surface area contributed by atoms with Crippen molar-refractivity contribution in [3.8, 4) is 0 Å². The van der Waals surface area contributed by atoms with Crippen LogP contribution < -0.4 is 5.32 Å². The minimum Gasteiger partial charge on any atom is -0.376 e. The fourth-order valence-corrected chi connectivity index (χ4v) is 2.31. The van der Waals surface area contributed by atoms with Crippen LogP contribution in [-0.2, 0) is 4.79 Å². The quantitative estimate of drug-likeness (QED) is 0.851. The number of rotatable bonds is 6. The van der Waals surface area contributed by atoms with Crippen molar-refractivity contribution in [2.24, 2.45) is 0 Å². The lowest BCUT2D eigenvalue weighted by Gasteiger charge is -2.21. The van der Waals surface area contributed by atoms with E-state index in [2.05, 4.69) is 38.2 Å². The molecule has 1 saturated carbocycles. The first-order valence-electron chi connectivity index (χ1n) is 7.25. The van der Waals surface area contributed by atoms with Crippen LogP contribution in [0.5, 0.6) is 0 Å². The zero-order valence-corrected chi connectivity index (χ0v) is 12.1. The summed E-state index contributed by atoms with van der Waals surface area (Å²) >= 11 is 0. The number of nitrogens with zero attached hydrogens (tertiary/aromatic N) is 1. The first kappa shape index (κ1) is 13.9. The van der Waals surface area contributed by atoms with Crippen LogP contribution in [0.3, 0.4) is 0 Å². The van der Waals surface area contributed by atoms with E-state index >= 15 is 0 Å².